The summed E-state index contributed by atoms with van der Waals surface area (Å²) in [7, 11) is -3.78. The number of carbonyl (C=O) groups excluding carboxylic acids is 1. The Kier molecular flexibility index (Phi) is 5.60. The molecular weight excluding hydrogens is 379 g/mol. The van der Waals surface area contributed by atoms with Crippen LogP contribution in [0.3, 0.4) is 0 Å². The van der Waals surface area contributed by atoms with Crippen molar-refractivity contribution < 1.29 is 17.6 Å². The van der Waals surface area contributed by atoms with Crippen LogP contribution in [-0.4, -0.2) is 31.2 Å². The molecule has 0 aromatic heterocycles. The SMILES string of the molecule is O=C(Nc1ccc(F)c(Cl)c1)C1CCCCN1S(=O)(=O)c1ccccc1. The number of anilines is 1. The number of hydrogen-bond donors (Lipinski definition) is 1. The molecule has 1 unspecified atom stereocenters. The summed E-state index contributed by atoms with van der Waals surface area (Å²) >= 11 is 5.73. The Hall–Kier alpha value is -1.96. The second-order valence-electron chi connectivity index (χ2n) is 6.06. The van der Waals surface area contributed by atoms with Gasteiger partial charge in [-0.1, -0.05) is 36.2 Å². The molecule has 138 valence electrons. The first-order valence-electron chi connectivity index (χ1n) is 8.22. The van der Waals surface area contributed by atoms with E-state index in [-0.39, 0.29) is 16.5 Å². The summed E-state index contributed by atoms with van der Waals surface area (Å²) < 4.78 is 40.4. The van der Waals surface area contributed by atoms with Crippen LogP contribution in [0.2, 0.25) is 5.02 Å². The minimum Gasteiger partial charge on any atom is -0.325 e. The first-order valence-corrected chi connectivity index (χ1v) is 10.0. The monoisotopic (exact) mass is 396 g/mol. The quantitative estimate of drug-likeness (QED) is 0.857. The third kappa shape index (κ3) is 3.90. The zero-order valence-corrected chi connectivity index (χ0v) is 15.4. The van der Waals surface area contributed by atoms with Gasteiger partial charge in [-0.25, -0.2) is 12.8 Å². The van der Waals surface area contributed by atoms with Gasteiger partial charge in [0, 0.05) is 12.2 Å². The van der Waals surface area contributed by atoms with E-state index in [1.165, 1.54) is 28.6 Å². The highest BCUT2D eigenvalue weighted by Gasteiger charge is 2.37. The molecule has 3 rings (SSSR count). The number of carbonyl (C=O) groups is 1. The van der Waals surface area contributed by atoms with E-state index in [2.05, 4.69) is 5.32 Å². The number of nitrogens with zero attached hydrogens (tertiary/aromatic N) is 1. The summed E-state index contributed by atoms with van der Waals surface area (Å²) in [5.74, 6) is -1.04. The first kappa shape index (κ1) is 18.8. The molecule has 2 aromatic rings. The minimum atomic E-state index is -3.78. The van der Waals surface area contributed by atoms with Crippen molar-refractivity contribution in [1.82, 2.24) is 4.31 Å². The Morgan fingerprint density at radius 3 is 2.58 bits per heavy atom. The standard InChI is InChI=1S/C18H18ClFN2O3S/c19-15-12-13(9-10-16(15)20)21-18(23)17-8-4-5-11-22(17)26(24,25)14-6-2-1-3-7-14/h1-3,6-7,9-10,12,17H,4-5,8,11H2,(H,21,23). The van der Waals surface area contributed by atoms with Crippen LogP contribution in [0.15, 0.2) is 53.4 Å². The van der Waals surface area contributed by atoms with Gasteiger partial charge in [0.25, 0.3) is 0 Å². The molecule has 5 nitrogen and oxygen atoms in total. The van der Waals surface area contributed by atoms with Crippen molar-refractivity contribution in [3.05, 3.63) is 59.4 Å². The van der Waals surface area contributed by atoms with Crippen LogP contribution in [0.1, 0.15) is 19.3 Å². The molecule has 1 N–H and O–H groups in total. The Labute approximate surface area is 156 Å². The average Bonchev–Trinajstić information content (AvgIpc) is 2.65. The highest BCUT2D eigenvalue weighted by atomic mass is 35.5. The van der Waals surface area contributed by atoms with Crippen LogP contribution >= 0.6 is 11.6 Å². The highest BCUT2D eigenvalue weighted by Crippen LogP contribution is 2.27. The maximum absolute atomic E-state index is 13.3. The fourth-order valence-corrected chi connectivity index (χ4v) is 4.84. The van der Waals surface area contributed by atoms with Gasteiger partial charge in [0.05, 0.1) is 9.92 Å². The van der Waals surface area contributed by atoms with Gasteiger partial charge in [0.1, 0.15) is 11.9 Å². The van der Waals surface area contributed by atoms with E-state index in [1.807, 2.05) is 0 Å². The average molecular weight is 397 g/mol. The number of halogens is 2. The molecule has 1 fully saturated rings. The van der Waals surface area contributed by atoms with Gasteiger partial charge < -0.3 is 5.32 Å². The van der Waals surface area contributed by atoms with Crippen LogP contribution < -0.4 is 5.32 Å². The van der Waals surface area contributed by atoms with Crippen molar-refractivity contribution in [2.75, 3.05) is 11.9 Å². The van der Waals surface area contributed by atoms with Crippen molar-refractivity contribution in [2.24, 2.45) is 0 Å². The number of hydrogen-bond acceptors (Lipinski definition) is 3. The fourth-order valence-electron chi connectivity index (χ4n) is 2.98. The molecule has 0 aliphatic carbocycles. The van der Waals surface area contributed by atoms with Gasteiger partial charge in [-0.05, 0) is 43.2 Å². The number of piperidine rings is 1. The van der Waals surface area contributed by atoms with Crippen molar-refractivity contribution in [3.8, 4) is 0 Å². The second kappa shape index (κ2) is 7.73. The van der Waals surface area contributed by atoms with E-state index < -0.39 is 27.8 Å². The lowest BCUT2D eigenvalue weighted by molar-refractivity contribution is -0.120. The van der Waals surface area contributed by atoms with Gasteiger partial charge in [0.15, 0.2) is 0 Å². The molecule has 0 saturated carbocycles. The predicted molar refractivity (Wildman–Crippen MR) is 98.0 cm³/mol. The van der Waals surface area contributed by atoms with E-state index in [0.717, 1.165) is 12.5 Å². The number of rotatable bonds is 4. The molecule has 8 heteroatoms. The highest BCUT2D eigenvalue weighted by molar-refractivity contribution is 7.89. The Morgan fingerprint density at radius 2 is 1.88 bits per heavy atom. The summed E-state index contributed by atoms with van der Waals surface area (Å²) in [5.41, 5.74) is 0.323. The molecule has 0 bridgehead atoms. The van der Waals surface area contributed by atoms with Crippen LogP contribution in [0.25, 0.3) is 0 Å². The molecule has 0 spiro atoms. The second-order valence-corrected chi connectivity index (χ2v) is 8.36. The largest absolute Gasteiger partial charge is 0.325 e. The fraction of sp³-hybridized carbons (Fsp3) is 0.278. The van der Waals surface area contributed by atoms with Crippen LogP contribution in [0.4, 0.5) is 10.1 Å². The van der Waals surface area contributed by atoms with E-state index in [0.29, 0.717) is 18.5 Å². The number of benzene rings is 2. The third-order valence-corrected chi connectivity index (χ3v) is 6.51. The normalized spacial score (nSPS) is 18.5. The summed E-state index contributed by atoms with van der Waals surface area (Å²) in [6, 6.07) is 11.1. The van der Waals surface area contributed by atoms with Gasteiger partial charge in [-0.2, -0.15) is 4.31 Å². The molecule has 1 aliphatic heterocycles. The molecule has 1 heterocycles. The van der Waals surface area contributed by atoms with E-state index in [9.17, 15) is 17.6 Å². The number of nitrogens with one attached hydrogen (secondary N) is 1. The molecule has 26 heavy (non-hydrogen) atoms. The lowest BCUT2D eigenvalue weighted by Gasteiger charge is -2.33. The Balaban J connectivity index is 1.84. The smallest absolute Gasteiger partial charge is 0.243 e. The van der Waals surface area contributed by atoms with E-state index in [4.69, 9.17) is 11.6 Å². The van der Waals surface area contributed by atoms with Crippen molar-refractivity contribution in [1.29, 1.82) is 0 Å². The molecule has 1 atom stereocenters. The van der Waals surface area contributed by atoms with E-state index in [1.54, 1.807) is 18.2 Å². The third-order valence-electron chi connectivity index (χ3n) is 4.29. The summed E-state index contributed by atoms with van der Waals surface area (Å²) in [6.07, 6.45) is 1.87. The molecule has 1 amide bonds. The topological polar surface area (TPSA) is 66.5 Å². The lowest BCUT2D eigenvalue weighted by atomic mass is 10.0. The zero-order chi connectivity index (χ0) is 18.7. The molecule has 0 radical (unpaired) electrons. The van der Waals surface area contributed by atoms with Crippen molar-refractivity contribution in [3.63, 3.8) is 0 Å². The lowest BCUT2D eigenvalue weighted by Crippen LogP contribution is -2.49. The van der Waals surface area contributed by atoms with Crippen molar-refractivity contribution >= 4 is 33.2 Å². The van der Waals surface area contributed by atoms with Crippen LogP contribution in [-0.2, 0) is 14.8 Å². The van der Waals surface area contributed by atoms with Gasteiger partial charge in [0.2, 0.25) is 15.9 Å². The Bertz CT molecular complexity index is 906. The zero-order valence-electron chi connectivity index (χ0n) is 13.9. The van der Waals surface area contributed by atoms with Crippen molar-refractivity contribution in [2.45, 2.75) is 30.2 Å². The van der Waals surface area contributed by atoms with Gasteiger partial charge in [-0.15, -0.1) is 0 Å². The Morgan fingerprint density at radius 1 is 1.15 bits per heavy atom. The maximum atomic E-state index is 13.3. The van der Waals surface area contributed by atoms with Crippen LogP contribution in [0, 0.1) is 5.82 Å². The van der Waals surface area contributed by atoms with Gasteiger partial charge >= 0.3 is 0 Å². The number of sulfonamides is 1. The summed E-state index contributed by atoms with van der Waals surface area (Å²) in [6.45, 7) is 0.277. The first-order chi connectivity index (χ1) is 12.4. The predicted octanol–water partition coefficient (Wildman–Crippen LogP) is 3.66. The van der Waals surface area contributed by atoms with E-state index >= 15 is 0 Å². The molecule has 1 aliphatic rings. The summed E-state index contributed by atoms with van der Waals surface area (Å²) in [4.78, 5) is 12.9. The minimum absolute atomic E-state index is 0.111. The number of amides is 1. The molecule has 2 aromatic carbocycles. The van der Waals surface area contributed by atoms with Gasteiger partial charge in [-0.3, -0.25) is 4.79 Å². The summed E-state index contributed by atoms with van der Waals surface area (Å²) in [5, 5.41) is 2.53. The molecule has 1 saturated heterocycles. The van der Waals surface area contributed by atoms with Crippen LogP contribution in [0.5, 0.6) is 0 Å². The maximum Gasteiger partial charge on any atom is 0.243 e. The molecular formula is C18H18ClFN2O3S.